The molecule has 0 aliphatic carbocycles. The molecular weight excluding hydrogens is 955 g/mol. The highest BCUT2D eigenvalue weighted by Crippen LogP contribution is 2.33. The molecule has 2 saturated heterocycles. The second-order valence-corrected chi connectivity index (χ2v) is 19.1. The van der Waals surface area contributed by atoms with Gasteiger partial charge < -0.3 is 52.4 Å². The maximum absolute atomic E-state index is 14.7. The number of hydrogen-bond donors (Lipinski definition) is 8. The summed E-state index contributed by atoms with van der Waals surface area (Å²) >= 11 is 0. The van der Waals surface area contributed by atoms with E-state index in [2.05, 4.69) is 41.4 Å². The van der Waals surface area contributed by atoms with E-state index in [1.807, 2.05) is 58.3 Å². The number of nitrogens with two attached hydrogens (primary N) is 2. The van der Waals surface area contributed by atoms with Crippen molar-refractivity contribution in [2.75, 3.05) is 78.6 Å². The normalized spacial score (nSPS) is 16.5. The highest BCUT2D eigenvalue weighted by molar-refractivity contribution is 5.95. The number of halogens is 2. The number of phenols is 1. The monoisotopic (exact) mass is 1030 g/mol. The van der Waals surface area contributed by atoms with E-state index >= 15 is 0 Å². The number of carbonyl (C=O) groups excluding carboxylic acids is 5. The number of nitrogens with zero attached hydrogens (tertiary/aromatic N) is 5. The van der Waals surface area contributed by atoms with Gasteiger partial charge in [-0.05, 0) is 80.3 Å². The zero-order valence-electron chi connectivity index (χ0n) is 42.7. The van der Waals surface area contributed by atoms with Gasteiger partial charge in [0.25, 0.3) is 0 Å². The number of rotatable bonds is 26. The predicted molar refractivity (Wildman–Crippen MR) is 277 cm³/mol. The number of unbranched alkanes of at least 4 members (excludes halogenated alkanes) is 2. The first-order valence-electron chi connectivity index (χ1n) is 26.2. The molecule has 0 aromatic heterocycles. The number of fused-ring (bicyclic) bond motifs is 1. The molecule has 3 aromatic rings. The van der Waals surface area contributed by atoms with Crippen LogP contribution in [0, 0.1) is 11.6 Å². The maximum atomic E-state index is 14.7. The van der Waals surface area contributed by atoms with E-state index in [1.54, 1.807) is 6.92 Å². The Morgan fingerprint density at radius 2 is 1.50 bits per heavy atom. The summed E-state index contributed by atoms with van der Waals surface area (Å²) in [6.07, 6.45) is 6.94. The lowest BCUT2D eigenvalue weighted by Gasteiger charge is -2.42. The molecule has 404 valence electrons. The minimum Gasteiger partial charge on any atom is -0.508 e. The molecule has 0 radical (unpaired) electrons. The molecule has 0 bridgehead atoms. The third-order valence-corrected chi connectivity index (χ3v) is 13.8. The number of benzene rings is 3. The maximum Gasteiger partial charge on any atom is 0.321 e. The molecule has 3 aliphatic rings. The number of hydrogen-bond acceptors (Lipinski definition) is 12. The van der Waals surface area contributed by atoms with Crippen LogP contribution in [-0.4, -0.2) is 151 Å². The minimum atomic E-state index is -1.19. The van der Waals surface area contributed by atoms with Crippen molar-refractivity contribution in [3.63, 3.8) is 0 Å². The van der Waals surface area contributed by atoms with Gasteiger partial charge in [0.15, 0.2) is 5.96 Å². The second kappa shape index (κ2) is 29.5. The minimum absolute atomic E-state index is 0.0347. The number of aliphatic imine (C=N–C) groups is 1. The highest BCUT2D eigenvalue weighted by atomic mass is 19.1. The predicted octanol–water partition coefficient (Wildman–Crippen LogP) is 3.35. The third-order valence-electron chi connectivity index (χ3n) is 13.8. The molecule has 3 aromatic carbocycles. The first-order chi connectivity index (χ1) is 35.8. The lowest BCUT2D eigenvalue weighted by Crippen LogP contribution is -2.53. The smallest absolute Gasteiger partial charge is 0.321 e. The quantitative estimate of drug-likeness (QED) is 0.0328. The number of likely N-dealkylation sites (tertiary alicyclic amines) is 1. The van der Waals surface area contributed by atoms with Gasteiger partial charge in [-0.1, -0.05) is 49.7 Å². The molecule has 3 aliphatic heterocycles. The van der Waals surface area contributed by atoms with Gasteiger partial charge >= 0.3 is 6.03 Å². The van der Waals surface area contributed by atoms with Crippen molar-refractivity contribution in [3.8, 4) is 11.5 Å². The number of guanidine groups is 1. The summed E-state index contributed by atoms with van der Waals surface area (Å²) in [5.41, 5.74) is 13.9. The summed E-state index contributed by atoms with van der Waals surface area (Å²) in [5, 5.41) is 22.7. The lowest BCUT2D eigenvalue weighted by molar-refractivity contribution is -0.133. The van der Waals surface area contributed by atoms with Crippen molar-refractivity contribution in [1.29, 1.82) is 0 Å². The van der Waals surface area contributed by atoms with Crippen LogP contribution in [0.5, 0.6) is 11.5 Å². The van der Waals surface area contributed by atoms with Gasteiger partial charge in [0.05, 0.1) is 6.61 Å². The molecule has 0 spiro atoms. The Balaban J connectivity index is 1.03. The number of nitrogens with one attached hydrogen (secondary N) is 5. The van der Waals surface area contributed by atoms with E-state index in [9.17, 15) is 37.9 Å². The summed E-state index contributed by atoms with van der Waals surface area (Å²) in [5.74, 6) is -3.30. The summed E-state index contributed by atoms with van der Waals surface area (Å²) in [6.45, 7) is 10.3. The van der Waals surface area contributed by atoms with E-state index in [0.29, 0.717) is 56.4 Å². The summed E-state index contributed by atoms with van der Waals surface area (Å²) < 4.78 is 35.6. The van der Waals surface area contributed by atoms with Crippen LogP contribution in [-0.2, 0) is 38.8 Å². The number of ether oxygens (including phenoxy) is 1. The van der Waals surface area contributed by atoms with E-state index in [-0.39, 0.29) is 50.2 Å². The number of carbonyl (C=O) groups is 5. The van der Waals surface area contributed by atoms with Crippen LogP contribution in [0.4, 0.5) is 13.6 Å². The largest absolute Gasteiger partial charge is 0.508 e. The zero-order valence-corrected chi connectivity index (χ0v) is 42.7. The molecule has 10 N–H and O–H groups in total. The average Bonchev–Trinajstić information content (AvgIpc) is 3.82. The molecule has 0 unspecified atom stereocenters. The molecule has 3 heterocycles. The van der Waals surface area contributed by atoms with E-state index in [0.717, 1.165) is 108 Å². The third kappa shape index (κ3) is 17.6. The molecule has 74 heavy (non-hydrogen) atoms. The summed E-state index contributed by atoms with van der Waals surface area (Å²) in [7, 11) is 0. The number of phenolic OH excluding ortho intramolecular Hbond substituents is 1. The first-order valence-corrected chi connectivity index (χ1v) is 26.2. The SMILES string of the molecule is CCC(=O)NCCNC(=O)NC(N)=NCCC[C@@H](NC(=O)[C@H](c1ccc(OCCCN2CCN(C3CCN(C(=O)CCCCCN)CC3)CC2)cc1)N1Cc2ccccc2C1)C(=O)NCc1c(F)cc(O)cc1F. The molecule has 2 fully saturated rings. The van der Waals surface area contributed by atoms with Crippen molar-refractivity contribution < 1.29 is 42.6 Å². The van der Waals surface area contributed by atoms with Gasteiger partial charge in [-0.2, -0.15) is 0 Å². The van der Waals surface area contributed by atoms with Crippen LogP contribution < -0.4 is 42.8 Å². The van der Waals surface area contributed by atoms with Crippen LogP contribution in [0.2, 0.25) is 0 Å². The number of aromatic hydroxyl groups is 1. The van der Waals surface area contributed by atoms with Crippen LogP contribution in [0.1, 0.15) is 99.4 Å². The number of amides is 6. The van der Waals surface area contributed by atoms with Crippen LogP contribution in [0.25, 0.3) is 0 Å². The number of urea groups is 1. The van der Waals surface area contributed by atoms with Crippen molar-refractivity contribution in [1.82, 2.24) is 46.2 Å². The summed E-state index contributed by atoms with van der Waals surface area (Å²) in [4.78, 5) is 78.2. The van der Waals surface area contributed by atoms with Crippen LogP contribution in [0.15, 0.2) is 65.7 Å². The van der Waals surface area contributed by atoms with Gasteiger partial charge in [-0.3, -0.25) is 39.3 Å². The molecule has 21 heteroatoms. The fourth-order valence-electron chi connectivity index (χ4n) is 9.66. The Morgan fingerprint density at radius 3 is 2.16 bits per heavy atom. The molecule has 6 rings (SSSR count). The second-order valence-electron chi connectivity index (χ2n) is 19.1. The summed E-state index contributed by atoms with van der Waals surface area (Å²) in [6, 6.07) is 14.6. The average molecular weight is 1030 g/mol. The lowest BCUT2D eigenvalue weighted by atomic mass is 10.0. The van der Waals surface area contributed by atoms with Crippen molar-refractivity contribution >= 4 is 35.6 Å². The van der Waals surface area contributed by atoms with E-state index < -0.39 is 59.4 Å². The topological polar surface area (TPSA) is 252 Å². The van der Waals surface area contributed by atoms with Gasteiger partial charge in [0.2, 0.25) is 23.6 Å². The molecule has 0 saturated carbocycles. The zero-order chi connectivity index (χ0) is 52.8. The van der Waals surface area contributed by atoms with Gasteiger partial charge in [0, 0.05) is 122 Å². The number of piperazine rings is 1. The Morgan fingerprint density at radius 1 is 0.824 bits per heavy atom. The Kier molecular flexibility index (Phi) is 22.6. The van der Waals surface area contributed by atoms with Crippen molar-refractivity contribution in [3.05, 3.63) is 94.6 Å². The fourth-order valence-corrected chi connectivity index (χ4v) is 9.66. The Bertz CT molecular complexity index is 2300. The molecule has 19 nitrogen and oxygen atoms in total. The standard InChI is InChI=1S/C53H76F2N12O7/c1-2-47(69)58-22-23-60-53(73)63-52(57)59-21-8-12-46(50(71)61-34-43-44(54)32-41(68)33-45(43)55)62-51(72)49(67-35-38-10-5-6-11-39(38)36-67)37-14-16-42(17-15-37)74-31-9-24-64-27-29-65(30-28-64)40-18-25-66(26-19-40)48(70)13-4-3-7-20-56/h5-6,10-11,14-17,32-33,40,46,49,68H,2-4,7-9,12-13,18-31,34-36,56H2,1H3,(H,58,69)(H,61,71)(H,62,72)(H4,57,59,60,63,73)/t46-,49+/m1/s1. The Hall–Kier alpha value is -6.42. The van der Waals surface area contributed by atoms with Gasteiger partial charge in [-0.25, -0.2) is 13.6 Å². The Labute approximate surface area is 433 Å². The van der Waals surface area contributed by atoms with Crippen molar-refractivity contribution in [2.45, 2.75) is 109 Å². The van der Waals surface area contributed by atoms with Gasteiger partial charge in [0.1, 0.15) is 35.2 Å². The van der Waals surface area contributed by atoms with Crippen LogP contribution >= 0.6 is 0 Å². The van der Waals surface area contributed by atoms with E-state index in [1.165, 1.54) is 0 Å². The molecule has 6 amide bonds. The van der Waals surface area contributed by atoms with Crippen molar-refractivity contribution in [2.24, 2.45) is 16.5 Å². The molecule has 2 atom stereocenters. The highest BCUT2D eigenvalue weighted by Gasteiger charge is 2.35. The van der Waals surface area contributed by atoms with E-state index in [4.69, 9.17) is 16.2 Å². The number of piperidine rings is 1. The fraction of sp³-hybridized carbons (Fsp3) is 0.547. The molecular formula is C53H76F2N12O7. The first kappa shape index (κ1) is 56.9. The van der Waals surface area contributed by atoms with Crippen LogP contribution in [0.3, 0.4) is 0 Å². The van der Waals surface area contributed by atoms with Gasteiger partial charge in [-0.15, -0.1) is 0 Å².